The van der Waals surface area contributed by atoms with Crippen molar-refractivity contribution in [1.82, 2.24) is 10.3 Å². The molecular formula is C23H27F3N2O2. The van der Waals surface area contributed by atoms with Gasteiger partial charge in [-0.25, -0.2) is 4.98 Å². The molecule has 162 valence electrons. The molecule has 1 saturated carbocycles. The van der Waals surface area contributed by atoms with Gasteiger partial charge < -0.3 is 10.1 Å². The van der Waals surface area contributed by atoms with Crippen LogP contribution in [0, 0.1) is 0 Å². The number of nitrogens with one attached hydrogen (secondary N) is 1. The summed E-state index contributed by atoms with van der Waals surface area (Å²) in [5.74, 6) is 0.657. The number of pyridine rings is 1. The Bertz CT molecular complexity index is 825. The predicted molar refractivity (Wildman–Crippen MR) is 108 cm³/mol. The molecule has 1 amide bonds. The first-order valence-electron chi connectivity index (χ1n) is 10.3. The number of halogens is 3. The van der Waals surface area contributed by atoms with Crippen molar-refractivity contribution in [3.63, 3.8) is 0 Å². The van der Waals surface area contributed by atoms with Crippen molar-refractivity contribution in [3.8, 4) is 5.88 Å². The van der Waals surface area contributed by atoms with Crippen LogP contribution in [0.4, 0.5) is 13.2 Å². The highest BCUT2D eigenvalue weighted by molar-refractivity contribution is 5.78. The number of rotatable bonds is 6. The molecular weight excluding hydrogens is 393 g/mol. The lowest BCUT2D eigenvalue weighted by atomic mass is 9.92. The number of nitrogens with zero attached hydrogens (tertiary/aromatic N) is 1. The minimum Gasteiger partial charge on any atom is -0.474 e. The Morgan fingerprint density at radius 3 is 2.30 bits per heavy atom. The molecule has 1 aromatic heterocycles. The van der Waals surface area contributed by atoms with Gasteiger partial charge in [0.1, 0.15) is 6.10 Å². The summed E-state index contributed by atoms with van der Waals surface area (Å²) in [5, 5.41) is 3.08. The number of aromatic nitrogens is 1. The zero-order valence-corrected chi connectivity index (χ0v) is 17.2. The van der Waals surface area contributed by atoms with E-state index in [0.717, 1.165) is 43.5 Å². The largest absolute Gasteiger partial charge is 0.474 e. The van der Waals surface area contributed by atoms with Crippen LogP contribution in [0.25, 0.3) is 0 Å². The van der Waals surface area contributed by atoms with Gasteiger partial charge in [0.15, 0.2) is 0 Å². The topological polar surface area (TPSA) is 51.2 Å². The van der Waals surface area contributed by atoms with Gasteiger partial charge in [-0.15, -0.1) is 0 Å². The summed E-state index contributed by atoms with van der Waals surface area (Å²) in [4.78, 5) is 16.1. The zero-order valence-electron chi connectivity index (χ0n) is 17.2. The third-order valence-electron chi connectivity index (χ3n) is 5.40. The molecule has 4 nitrogen and oxygen atoms in total. The number of amides is 1. The van der Waals surface area contributed by atoms with Crippen LogP contribution < -0.4 is 10.1 Å². The van der Waals surface area contributed by atoms with Crippen molar-refractivity contribution < 1.29 is 22.7 Å². The van der Waals surface area contributed by atoms with E-state index < -0.39 is 11.7 Å². The average Bonchev–Trinajstić information content (AvgIpc) is 2.69. The van der Waals surface area contributed by atoms with Crippen LogP contribution in [-0.4, -0.2) is 23.0 Å². The van der Waals surface area contributed by atoms with Gasteiger partial charge in [-0.05, 0) is 48.8 Å². The monoisotopic (exact) mass is 420 g/mol. The summed E-state index contributed by atoms with van der Waals surface area (Å²) in [6.07, 6.45) is -0.400. The number of carbonyl (C=O) groups excluding carboxylic acids is 1. The Kier molecular flexibility index (Phi) is 7.00. The van der Waals surface area contributed by atoms with Crippen molar-refractivity contribution in [1.29, 1.82) is 0 Å². The molecule has 1 aliphatic carbocycles. The highest BCUT2D eigenvalue weighted by Gasteiger charge is 2.31. The predicted octanol–water partition coefficient (Wildman–Crippen LogP) is 5.27. The lowest BCUT2D eigenvalue weighted by Crippen LogP contribution is -2.40. The third kappa shape index (κ3) is 6.21. The molecule has 7 heteroatoms. The van der Waals surface area contributed by atoms with Crippen molar-refractivity contribution >= 4 is 5.91 Å². The van der Waals surface area contributed by atoms with Crippen molar-refractivity contribution in [3.05, 3.63) is 59.3 Å². The Morgan fingerprint density at radius 2 is 1.77 bits per heavy atom. The van der Waals surface area contributed by atoms with Crippen molar-refractivity contribution in [2.75, 3.05) is 0 Å². The van der Waals surface area contributed by atoms with Gasteiger partial charge in [-0.1, -0.05) is 38.1 Å². The van der Waals surface area contributed by atoms with Gasteiger partial charge in [0.2, 0.25) is 11.8 Å². The van der Waals surface area contributed by atoms with E-state index in [1.165, 1.54) is 11.6 Å². The molecule has 1 N–H and O–H groups in total. The Balaban J connectivity index is 1.42. The summed E-state index contributed by atoms with van der Waals surface area (Å²) in [5.41, 5.74) is 1.45. The highest BCUT2D eigenvalue weighted by atomic mass is 19.4. The molecule has 0 radical (unpaired) electrons. The number of hydrogen-bond donors (Lipinski definition) is 1. The standard InChI is InChI=1S/C23H27F3N2O2/c1-15(2)17-5-3-16(4-6-17)13-21(29)28-19-8-10-20(11-9-19)30-22-12-7-18(14-27-22)23(24,25)26/h3-7,12,14-15,19-20H,8-11,13H2,1-2H3,(H,28,29). The third-order valence-corrected chi connectivity index (χ3v) is 5.40. The molecule has 0 aliphatic heterocycles. The van der Waals surface area contributed by atoms with E-state index in [1.807, 2.05) is 12.1 Å². The van der Waals surface area contributed by atoms with Gasteiger partial charge in [0, 0.05) is 18.3 Å². The number of benzene rings is 1. The van der Waals surface area contributed by atoms with E-state index in [-0.39, 0.29) is 23.9 Å². The lowest BCUT2D eigenvalue weighted by Gasteiger charge is -2.29. The molecule has 0 bridgehead atoms. The molecule has 0 unspecified atom stereocenters. The normalized spacial score (nSPS) is 19.5. The fourth-order valence-electron chi connectivity index (χ4n) is 3.60. The molecule has 1 aromatic carbocycles. The average molecular weight is 420 g/mol. The summed E-state index contributed by atoms with van der Waals surface area (Å²) in [6.45, 7) is 4.27. The summed E-state index contributed by atoms with van der Waals surface area (Å²) >= 11 is 0. The minimum atomic E-state index is -4.40. The maximum atomic E-state index is 12.6. The van der Waals surface area contributed by atoms with Gasteiger partial charge in [0.05, 0.1) is 12.0 Å². The van der Waals surface area contributed by atoms with Gasteiger partial charge in [-0.2, -0.15) is 13.2 Å². The van der Waals surface area contributed by atoms with E-state index in [9.17, 15) is 18.0 Å². The van der Waals surface area contributed by atoms with Crippen LogP contribution in [0.2, 0.25) is 0 Å². The van der Waals surface area contributed by atoms with Crippen LogP contribution in [0.1, 0.15) is 62.1 Å². The molecule has 1 aliphatic rings. The quantitative estimate of drug-likeness (QED) is 0.692. The molecule has 30 heavy (non-hydrogen) atoms. The molecule has 0 spiro atoms. The smallest absolute Gasteiger partial charge is 0.417 e. The summed E-state index contributed by atoms with van der Waals surface area (Å²) in [7, 11) is 0. The first kappa shape index (κ1) is 22.1. The fourth-order valence-corrected chi connectivity index (χ4v) is 3.60. The van der Waals surface area contributed by atoms with E-state index in [2.05, 4.69) is 36.3 Å². The van der Waals surface area contributed by atoms with Gasteiger partial charge >= 0.3 is 6.18 Å². The number of carbonyl (C=O) groups is 1. The van der Waals surface area contributed by atoms with Crippen LogP contribution >= 0.6 is 0 Å². The first-order chi connectivity index (χ1) is 14.2. The Morgan fingerprint density at radius 1 is 1.10 bits per heavy atom. The Hall–Kier alpha value is -2.57. The molecule has 0 saturated heterocycles. The fraction of sp³-hybridized carbons (Fsp3) is 0.478. The first-order valence-corrected chi connectivity index (χ1v) is 10.3. The second kappa shape index (κ2) is 9.49. The number of hydrogen-bond acceptors (Lipinski definition) is 3. The van der Waals surface area contributed by atoms with Gasteiger partial charge in [0.25, 0.3) is 0 Å². The van der Waals surface area contributed by atoms with Gasteiger partial charge in [-0.3, -0.25) is 4.79 Å². The van der Waals surface area contributed by atoms with Crippen molar-refractivity contribution in [2.24, 2.45) is 0 Å². The van der Waals surface area contributed by atoms with Crippen LogP contribution in [-0.2, 0) is 17.4 Å². The maximum absolute atomic E-state index is 12.6. The van der Waals surface area contributed by atoms with E-state index in [1.54, 1.807) is 0 Å². The molecule has 3 rings (SSSR count). The van der Waals surface area contributed by atoms with Crippen LogP contribution in [0.3, 0.4) is 0 Å². The Labute approximate surface area is 174 Å². The maximum Gasteiger partial charge on any atom is 0.417 e. The SMILES string of the molecule is CC(C)c1ccc(CC(=O)NC2CCC(Oc3ccc(C(F)(F)F)cn3)CC2)cc1. The zero-order chi connectivity index (χ0) is 21.7. The van der Waals surface area contributed by atoms with E-state index in [4.69, 9.17) is 4.74 Å². The van der Waals surface area contributed by atoms with Crippen LogP contribution in [0.15, 0.2) is 42.6 Å². The molecule has 1 fully saturated rings. The second-order valence-electron chi connectivity index (χ2n) is 8.11. The van der Waals surface area contributed by atoms with Crippen molar-refractivity contribution in [2.45, 2.75) is 70.2 Å². The molecule has 2 aromatic rings. The highest BCUT2D eigenvalue weighted by Crippen LogP contribution is 2.30. The minimum absolute atomic E-state index is 0.000992. The van der Waals surface area contributed by atoms with E-state index in [0.29, 0.717) is 12.3 Å². The van der Waals surface area contributed by atoms with E-state index >= 15 is 0 Å². The van der Waals surface area contributed by atoms with Crippen LogP contribution in [0.5, 0.6) is 5.88 Å². The number of ether oxygens (including phenoxy) is 1. The summed E-state index contributed by atoms with van der Waals surface area (Å²) in [6, 6.07) is 10.4. The molecule has 1 heterocycles. The molecule has 0 atom stereocenters. The lowest BCUT2D eigenvalue weighted by molar-refractivity contribution is -0.137. The summed E-state index contributed by atoms with van der Waals surface area (Å²) < 4.78 is 43.5. The number of alkyl halides is 3. The second-order valence-corrected chi connectivity index (χ2v) is 8.11.